The van der Waals surface area contributed by atoms with Crippen molar-refractivity contribution in [3.05, 3.63) is 16.6 Å². The Labute approximate surface area is 120 Å². The maximum atomic E-state index is 12.0. The van der Waals surface area contributed by atoms with Crippen molar-refractivity contribution in [3.63, 3.8) is 0 Å². The van der Waals surface area contributed by atoms with E-state index in [0.717, 1.165) is 18.7 Å². The molecule has 19 heavy (non-hydrogen) atoms. The number of thiazole rings is 1. The van der Waals surface area contributed by atoms with Gasteiger partial charge in [0, 0.05) is 18.5 Å². The van der Waals surface area contributed by atoms with E-state index in [2.05, 4.69) is 24.1 Å². The van der Waals surface area contributed by atoms with E-state index in [-0.39, 0.29) is 5.75 Å². The van der Waals surface area contributed by atoms with Gasteiger partial charge in [0.25, 0.3) is 0 Å². The average Bonchev–Trinajstić information content (AvgIpc) is 2.80. The van der Waals surface area contributed by atoms with Crippen LogP contribution in [0, 0.1) is 0 Å². The van der Waals surface area contributed by atoms with Crippen LogP contribution in [0.3, 0.4) is 0 Å². The van der Waals surface area contributed by atoms with E-state index in [1.165, 1.54) is 15.6 Å². The monoisotopic (exact) mass is 305 g/mol. The van der Waals surface area contributed by atoms with Crippen LogP contribution in [0.15, 0.2) is 10.9 Å². The Morgan fingerprint density at radius 1 is 1.42 bits per heavy atom. The molecule has 7 heteroatoms. The van der Waals surface area contributed by atoms with E-state index in [1.807, 2.05) is 5.38 Å². The maximum Gasteiger partial charge on any atom is 0.214 e. The topological polar surface area (TPSA) is 62.3 Å². The fourth-order valence-electron chi connectivity index (χ4n) is 1.60. The van der Waals surface area contributed by atoms with Crippen LogP contribution in [0.4, 0.5) is 0 Å². The minimum Gasteiger partial charge on any atom is -0.315 e. The predicted molar refractivity (Wildman–Crippen MR) is 79.7 cm³/mol. The van der Waals surface area contributed by atoms with Crippen LogP contribution < -0.4 is 5.32 Å². The van der Waals surface area contributed by atoms with Gasteiger partial charge in [-0.15, -0.1) is 11.3 Å². The standard InChI is InChI=1S/C12H23N3O2S2/c1-11(2)13-6-4-5-7-19(16,17)15(3)8-12-9-18-10-14-12/h9-11,13H,4-8H2,1-3H3. The highest BCUT2D eigenvalue weighted by Crippen LogP contribution is 2.09. The molecule has 0 bridgehead atoms. The van der Waals surface area contributed by atoms with Crippen LogP contribution in [-0.2, 0) is 16.6 Å². The lowest BCUT2D eigenvalue weighted by molar-refractivity contribution is 0.460. The summed E-state index contributed by atoms with van der Waals surface area (Å²) in [5.74, 6) is 0.202. The Bertz CT molecular complexity index is 444. The van der Waals surface area contributed by atoms with Crippen LogP contribution in [-0.4, -0.2) is 43.1 Å². The Hall–Kier alpha value is -0.500. The molecule has 0 unspecified atom stereocenters. The number of hydrogen-bond donors (Lipinski definition) is 1. The summed E-state index contributed by atoms with van der Waals surface area (Å²) in [5.41, 5.74) is 2.52. The Kier molecular flexibility index (Phi) is 6.92. The van der Waals surface area contributed by atoms with E-state index in [9.17, 15) is 8.42 Å². The van der Waals surface area contributed by atoms with Gasteiger partial charge in [-0.25, -0.2) is 13.4 Å². The number of nitrogens with one attached hydrogen (secondary N) is 1. The summed E-state index contributed by atoms with van der Waals surface area (Å²) in [7, 11) is -1.55. The van der Waals surface area contributed by atoms with Crippen LogP contribution in [0.1, 0.15) is 32.4 Å². The molecule has 110 valence electrons. The van der Waals surface area contributed by atoms with Crippen LogP contribution in [0.2, 0.25) is 0 Å². The van der Waals surface area contributed by atoms with Gasteiger partial charge in [-0.1, -0.05) is 13.8 Å². The summed E-state index contributed by atoms with van der Waals surface area (Å²) < 4.78 is 25.5. The van der Waals surface area contributed by atoms with Gasteiger partial charge in [0.2, 0.25) is 10.0 Å². The first-order valence-electron chi connectivity index (χ1n) is 6.46. The van der Waals surface area contributed by atoms with Crippen LogP contribution >= 0.6 is 11.3 Å². The van der Waals surface area contributed by atoms with Gasteiger partial charge in [0.15, 0.2) is 0 Å². The minimum absolute atomic E-state index is 0.202. The molecule has 0 amide bonds. The zero-order valence-corrected chi connectivity index (χ0v) is 13.4. The lowest BCUT2D eigenvalue weighted by atomic mass is 10.3. The molecule has 0 radical (unpaired) electrons. The zero-order valence-electron chi connectivity index (χ0n) is 11.8. The highest BCUT2D eigenvalue weighted by atomic mass is 32.2. The molecule has 1 aromatic heterocycles. The summed E-state index contributed by atoms with van der Waals surface area (Å²) >= 11 is 1.48. The van der Waals surface area contributed by atoms with Crippen molar-refractivity contribution in [2.24, 2.45) is 0 Å². The highest BCUT2D eigenvalue weighted by molar-refractivity contribution is 7.89. The van der Waals surface area contributed by atoms with Crippen molar-refractivity contribution in [3.8, 4) is 0 Å². The zero-order chi connectivity index (χ0) is 14.3. The van der Waals surface area contributed by atoms with E-state index in [0.29, 0.717) is 19.0 Å². The van der Waals surface area contributed by atoms with Crippen molar-refractivity contribution in [1.82, 2.24) is 14.6 Å². The molecule has 5 nitrogen and oxygen atoms in total. The van der Waals surface area contributed by atoms with Gasteiger partial charge in [-0.3, -0.25) is 0 Å². The first-order valence-corrected chi connectivity index (χ1v) is 9.01. The maximum absolute atomic E-state index is 12.0. The molecular weight excluding hydrogens is 282 g/mol. The third-order valence-corrected chi connectivity index (χ3v) is 5.24. The molecule has 1 rings (SSSR count). The second-order valence-electron chi connectivity index (χ2n) is 4.87. The number of unbranched alkanes of at least 4 members (excludes halogenated alkanes) is 1. The summed E-state index contributed by atoms with van der Waals surface area (Å²) in [5, 5.41) is 5.15. The summed E-state index contributed by atoms with van der Waals surface area (Å²) in [4.78, 5) is 4.10. The average molecular weight is 305 g/mol. The van der Waals surface area contributed by atoms with E-state index < -0.39 is 10.0 Å². The van der Waals surface area contributed by atoms with Crippen molar-refractivity contribution in [2.45, 2.75) is 39.3 Å². The Balaban J connectivity index is 2.30. The second-order valence-corrected chi connectivity index (χ2v) is 7.78. The Morgan fingerprint density at radius 2 is 2.16 bits per heavy atom. The van der Waals surface area contributed by atoms with E-state index >= 15 is 0 Å². The largest absolute Gasteiger partial charge is 0.315 e. The first-order chi connectivity index (χ1) is 8.92. The van der Waals surface area contributed by atoms with Crippen molar-refractivity contribution in [1.29, 1.82) is 0 Å². The third kappa shape index (κ3) is 6.47. The molecule has 1 aromatic rings. The van der Waals surface area contributed by atoms with Crippen molar-refractivity contribution >= 4 is 21.4 Å². The van der Waals surface area contributed by atoms with Gasteiger partial charge >= 0.3 is 0 Å². The summed E-state index contributed by atoms with van der Waals surface area (Å²) in [6.07, 6.45) is 1.56. The molecule has 0 spiro atoms. The number of nitrogens with zero attached hydrogens (tertiary/aromatic N) is 2. The van der Waals surface area contributed by atoms with Gasteiger partial charge in [0.05, 0.1) is 23.5 Å². The lowest BCUT2D eigenvalue weighted by Gasteiger charge is -2.16. The van der Waals surface area contributed by atoms with Crippen molar-refractivity contribution < 1.29 is 8.42 Å². The molecule has 0 aromatic carbocycles. The molecule has 0 aliphatic heterocycles. The minimum atomic E-state index is -3.17. The fraction of sp³-hybridized carbons (Fsp3) is 0.750. The van der Waals surface area contributed by atoms with Gasteiger partial charge in [-0.05, 0) is 19.4 Å². The number of aromatic nitrogens is 1. The summed E-state index contributed by atoms with van der Waals surface area (Å²) in [6.45, 7) is 5.38. The number of sulfonamides is 1. The molecule has 1 heterocycles. The molecule has 1 N–H and O–H groups in total. The molecule has 0 saturated carbocycles. The first kappa shape index (κ1) is 16.6. The molecule has 0 aliphatic carbocycles. The van der Waals surface area contributed by atoms with Crippen molar-refractivity contribution in [2.75, 3.05) is 19.3 Å². The van der Waals surface area contributed by atoms with E-state index in [4.69, 9.17) is 0 Å². The molecular formula is C12H23N3O2S2. The molecule has 0 saturated heterocycles. The van der Waals surface area contributed by atoms with Gasteiger partial charge < -0.3 is 5.32 Å². The van der Waals surface area contributed by atoms with Gasteiger partial charge in [-0.2, -0.15) is 4.31 Å². The fourth-order valence-corrected chi connectivity index (χ4v) is 3.36. The molecule has 0 fully saturated rings. The third-order valence-electron chi connectivity index (χ3n) is 2.72. The number of rotatable bonds is 9. The van der Waals surface area contributed by atoms with Gasteiger partial charge in [0.1, 0.15) is 0 Å². The molecule has 0 atom stereocenters. The molecule has 0 aliphatic rings. The SMILES string of the molecule is CC(C)NCCCCS(=O)(=O)N(C)Cc1cscn1. The van der Waals surface area contributed by atoms with Crippen LogP contribution in [0.5, 0.6) is 0 Å². The lowest BCUT2D eigenvalue weighted by Crippen LogP contribution is -2.29. The second kappa shape index (κ2) is 7.94. The van der Waals surface area contributed by atoms with E-state index in [1.54, 1.807) is 12.6 Å². The van der Waals surface area contributed by atoms with Crippen LogP contribution in [0.25, 0.3) is 0 Å². The normalized spacial score (nSPS) is 12.5. The Morgan fingerprint density at radius 3 is 2.74 bits per heavy atom. The smallest absolute Gasteiger partial charge is 0.214 e. The number of hydrogen-bond acceptors (Lipinski definition) is 5. The predicted octanol–water partition coefficient (Wildman–Crippen LogP) is 1.68. The summed E-state index contributed by atoms with van der Waals surface area (Å²) in [6, 6.07) is 0.448. The quantitative estimate of drug-likeness (QED) is 0.705. The highest BCUT2D eigenvalue weighted by Gasteiger charge is 2.18.